The van der Waals surface area contributed by atoms with Crippen molar-refractivity contribution in [1.29, 1.82) is 0 Å². The zero-order valence-electron chi connectivity index (χ0n) is 13.8. The van der Waals surface area contributed by atoms with Gasteiger partial charge in [-0.15, -0.1) is 0 Å². The van der Waals surface area contributed by atoms with Gasteiger partial charge in [0, 0.05) is 28.1 Å². The van der Waals surface area contributed by atoms with Gasteiger partial charge in [-0.1, -0.05) is 23.7 Å². The molecule has 0 saturated carbocycles. The molecule has 1 aliphatic rings. The maximum atomic E-state index is 12.9. The summed E-state index contributed by atoms with van der Waals surface area (Å²) in [7, 11) is 0. The van der Waals surface area contributed by atoms with Crippen LogP contribution in [0.2, 0.25) is 5.02 Å². The predicted octanol–water partition coefficient (Wildman–Crippen LogP) is 6.44. The number of Topliss-reactive ketones (excluding diaryl/α,β-unsaturated/α-hetero) is 1. The predicted molar refractivity (Wildman–Crippen MR) is 96.6 cm³/mol. The first-order chi connectivity index (χ1) is 12.8. The molecule has 0 amide bonds. The fourth-order valence-electron chi connectivity index (χ4n) is 3.11. The van der Waals surface area contributed by atoms with E-state index in [9.17, 15) is 18.0 Å². The lowest BCUT2D eigenvalue weighted by molar-refractivity contribution is -0.137. The molecule has 2 nitrogen and oxygen atoms in total. The van der Waals surface area contributed by atoms with Crippen LogP contribution in [0, 0.1) is 0 Å². The highest BCUT2D eigenvalue weighted by atomic mass is 35.5. The van der Waals surface area contributed by atoms with Gasteiger partial charge in [0.1, 0.15) is 11.5 Å². The number of hydrogen-bond acceptors (Lipinski definition) is 2. The molecule has 0 saturated heterocycles. The van der Waals surface area contributed by atoms with E-state index in [4.69, 9.17) is 16.0 Å². The Balaban J connectivity index is 1.63. The molecule has 1 aliphatic carbocycles. The van der Waals surface area contributed by atoms with Crippen molar-refractivity contribution in [2.75, 3.05) is 0 Å². The molecule has 0 radical (unpaired) electrons. The van der Waals surface area contributed by atoms with Crippen LogP contribution in [0.25, 0.3) is 17.4 Å². The van der Waals surface area contributed by atoms with Crippen molar-refractivity contribution >= 4 is 23.5 Å². The summed E-state index contributed by atoms with van der Waals surface area (Å²) >= 11 is 5.97. The fraction of sp³-hybridized carbons (Fsp3) is 0.0952. The van der Waals surface area contributed by atoms with E-state index in [1.165, 1.54) is 6.07 Å². The van der Waals surface area contributed by atoms with Crippen molar-refractivity contribution in [3.8, 4) is 11.3 Å². The number of fused-ring (bicyclic) bond motifs is 1. The van der Waals surface area contributed by atoms with E-state index >= 15 is 0 Å². The fourth-order valence-corrected chi connectivity index (χ4v) is 3.31. The smallest absolute Gasteiger partial charge is 0.416 e. The standard InChI is InChI=1S/C21H12ClF3O2/c22-16-4-6-18-13(10-16)8-14(20(18)26)11-17-5-7-19(27-17)12-2-1-3-15(9-12)21(23,24)25/h1-7,9-11H,8H2/b14-11+. The first-order valence-electron chi connectivity index (χ1n) is 8.12. The highest BCUT2D eigenvalue weighted by Crippen LogP contribution is 2.34. The van der Waals surface area contributed by atoms with Crippen LogP contribution in [0.15, 0.2) is 64.6 Å². The Morgan fingerprint density at radius 3 is 2.63 bits per heavy atom. The average molecular weight is 389 g/mol. The Hall–Kier alpha value is -2.79. The van der Waals surface area contributed by atoms with Gasteiger partial charge in [0.15, 0.2) is 5.78 Å². The molecular weight excluding hydrogens is 377 g/mol. The minimum atomic E-state index is -4.42. The SMILES string of the molecule is O=C1/C(=C/c2ccc(-c3cccc(C(F)(F)F)c3)o2)Cc2cc(Cl)ccc21. The summed E-state index contributed by atoms with van der Waals surface area (Å²) in [5, 5.41) is 0.563. The molecule has 0 N–H and O–H groups in total. The van der Waals surface area contributed by atoms with Crippen molar-refractivity contribution < 1.29 is 22.4 Å². The largest absolute Gasteiger partial charge is 0.457 e. The molecular formula is C21H12ClF3O2. The second kappa shape index (κ2) is 6.43. The normalized spacial score (nSPS) is 15.4. The maximum Gasteiger partial charge on any atom is 0.416 e. The third-order valence-electron chi connectivity index (χ3n) is 4.40. The van der Waals surface area contributed by atoms with E-state index in [0.717, 1.165) is 17.7 Å². The molecule has 6 heteroatoms. The van der Waals surface area contributed by atoms with Crippen molar-refractivity contribution in [3.63, 3.8) is 0 Å². The molecule has 1 heterocycles. The lowest BCUT2D eigenvalue weighted by Gasteiger charge is -2.07. The second-order valence-electron chi connectivity index (χ2n) is 6.26. The summed E-state index contributed by atoms with van der Waals surface area (Å²) in [4.78, 5) is 12.5. The lowest BCUT2D eigenvalue weighted by atomic mass is 10.1. The van der Waals surface area contributed by atoms with Gasteiger partial charge in [-0.25, -0.2) is 0 Å². The average Bonchev–Trinajstić information content (AvgIpc) is 3.20. The van der Waals surface area contributed by atoms with Crippen LogP contribution in [-0.4, -0.2) is 5.78 Å². The number of rotatable bonds is 2. The minimum Gasteiger partial charge on any atom is -0.457 e. The number of carbonyl (C=O) groups excluding carboxylic acids is 1. The Morgan fingerprint density at radius 1 is 1.04 bits per heavy atom. The van der Waals surface area contributed by atoms with Gasteiger partial charge in [0.05, 0.1) is 5.56 Å². The topological polar surface area (TPSA) is 30.2 Å². The van der Waals surface area contributed by atoms with E-state index in [0.29, 0.717) is 39.7 Å². The molecule has 0 atom stereocenters. The zero-order chi connectivity index (χ0) is 19.2. The molecule has 0 bridgehead atoms. The summed E-state index contributed by atoms with van der Waals surface area (Å²) in [6.07, 6.45) is -2.36. The van der Waals surface area contributed by atoms with Crippen molar-refractivity contribution in [1.82, 2.24) is 0 Å². The molecule has 27 heavy (non-hydrogen) atoms. The van der Waals surface area contributed by atoms with Gasteiger partial charge in [-0.05, 0) is 54.1 Å². The van der Waals surface area contributed by atoms with Gasteiger partial charge in [-0.3, -0.25) is 4.79 Å². The molecule has 2 aromatic carbocycles. The number of carbonyl (C=O) groups is 1. The summed E-state index contributed by atoms with van der Waals surface area (Å²) in [6.45, 7) is 0. The molecule has 1 aromatic heterocycles. The Labute approximate surface area is 157 Å². The Kier molecular flexibility index (Phi) is 4.19. The summed E-state index contributed by atoms with van der Waals surface area (Å²) < 4.78 is 44.3. The summed E-state index contributed by atoms with van der Waals surface area (Å²) in [6, 6.07) is 13.3. The molecule has 4 rings (SSSR count). The van der Waals surface area contributed by atoms with E-state index < -0.39 is 11.7 Å². The molecule has 0 unspecified atom stereocenters. The van der Waals surface area contributed by atoms with Gasteiger partial charge in [-0.2, -0.15) is 13.2 Å². The Morgan fingerprint density at radius 2 is 1.85 bits per heavy atom. The maximum absolute atomic E-state index is 12.9. The number of allylic oxidation sites excluding steroid dienone is 1. The van der Waals surface area contributed by atoms with Crippen LogP contribution >= 0.6 is 11.6 Å². The Bertz CT molecular complexity index is 1080. The number of furan rings is 1. The molecule has 0 fully saturated rings. The summed E-state index contributed by atoms with van der Waals surface area (Å²) in [5.74, 6) is 0.613. The monoisotopic (exact) mass is 388 g/mol. The highest BCUT2D eigenvalue weighted by Gasteiger charge is 2.30. The lowest BCUT2D eigenvalue weighted by Crippen LogP contribution is -2.04. The first-order valence-corrected chi connectivity index (χ1v) is 8.50. The van der Waals surface area contributed by atoms with Crippen LogP contribution in [0.4, 0.5) is 13.2 Å². The third kappa shape index (κ3) is 3.43. The van der Waals surface area contributed by atoms with Crippen LogP contribution in [0.1, 0.15) is 27.2 Å². The summed E-state index contributed by atoms with van der Waals surface area (Å²) in [5.41, 5.74) is 1.59. The molecule has 0 aliphatic heterocycles. The number of benzene rings is 2. The van der Waals surface area contributed by atoms with Gasteiger partial charge in [0.2, 0.25) is 0 Å². The minimum absolute atomic E-state index is 0.0984. The second-order valence-corrected chi connectivity index (χ2v) is 6.69. The number of hydrogen-bond donors (Lipinski definition) is 0. The number of halogens is 4. The van der Waals surface area contributed by atoms with Crippen LogP contribution in [0.3, 0.4) is 0 Å². The zero-order valence-corrected chi connectivity index (χ0v) is 14.6. The van der Waals surface area contributed by atoms with Crippen molar-refractivity contribution in [2.45, 2.75) is 12.6 Å². The first kappa shape index (κ1) is 17.6. The number of ketones is 1. The van der Waals surface area contributed by atoms with Gasteiger partial charge < -0.3 is 4.42 Å². The number of alkyl halides is 3. The quantitative estimate of drug-likeness (QED) is 0.473. The van der Waals surface area contributed by atoms with Crippen molar-refractivity contribution in [2.24, 2.45) is 0 Å². The van der Waals surface area contributed by atoms with E-state index in [2.05, 4.69) is 0 Å². The molecule has 0 spiro atoms. The highest BCUT2D eigenvalue weighted by molar-refractivity contribution is 6.31. The van der Waals surface area contributed by atoms with E-state index in [1.54, 1.807) is 42.5 Å². The van der Waals surface area contributed by atoms with Crippen LogP contribution < -0.4 is 0 Å². The van der Waals surface area contributed by atoms with Crippen LogP contribution in [0.5, 0.6) is 0 Å². The van der Waals surface area contributed by atoms with Crippen LogP contribution in [-0.2, 0) is 12.6 Å². The van der Waals surface area contributed by atoms with E-state index in [1.807, 2.05) is 0 Å². The third-order valence-corrected chi connectivity index (χ3v) is 4.64. The molecule has 3 aromatic rings. The van der Waals surface area contributed by atoms with E-state index in [-0.39, 0.29) is 5.78 Å². The van der Waals surface area contributed by atoms with Gasteiger partial charge >= 0.3 is 6.18 Å². The van der Waals surface area contributed by atoms with Crippen molar-refractivity contribution in [3.05, 3.63) is 87.6 Å². The molecule has 136 valence electrons. The van der Waals surface area contributed by atoms with Gasteiger partial charge in [0.25, 0.3) is 0 Å².